The lowest BCUT2D eigenvalue weighted by Crippen LogP contribution is -2.61. The molecule has 2 nitrogen and oxygen atoms in total. The molecule has 0 radical (unpaired) electrons. The van der Waals surface area contributed by atoms with Crippen molar-refractivity contribution < 1.29 is 0 Å². The minimum Gasteiger partial charge on any atom is -0.315 e. The molecule has 30 heavy (non-hydrogen) atoms. The molecule has 5 atom stereocenters. The van der Waals surface area contributed by atoms with Crippen LogP contribution in [-0.2, 0) is 0 Å². The molecule has 0 aromatic heterocycles. The third kappa shape index (κ3) is 4.50. The zero-order valence-electron chi connectivity index (χ0n) is 19.3. The van der Waals surface area contributed by atoms with Gasteiger partial charge in [0, 0.05) is 24.5 Å². The standard InChI is InChI=1S/C28H40N2/c1-20(30-27-18-24-17-26(21(27)2)28(24,3)4)19-29-16-15-25(22-11-7-5-8-12-22)23-13-9-6-10-14-23/h5-14,20-21,24-27,29-30H,15-19H2,1-4H3/t20?,21-,24+,26-,27-/m1/s1. The average Bonchev–Trinajstić information content (AvgIpc) is 2.76. The molecule has 0 amide bonds. The first-order valence-electron chi connectivity index (χ1n) is 12.0. The molecule has 0 heterocycles. The van der Waals surface area contributed by atoms with Crippen molar-refractivity contribution >= 4 is 0 Å². The molecule has 0 saturated heterocycles. The molecule has 3 aliphatic rings. The van der Waals surface area contributed by atoms with Crippen LogP contribution in [0.1, 0.15) is 64.0 Å². The van der Waals surface area contributed by atoms with Gasteiger partial charge in [-0.25, -0.2) is 0 Å². The number of rotatable bonds is 9. The molecular formula is C28H40N2. The van der Waals surface area contributed by atoms with Crippen molar-refractivity contribution in [3.63, 3.8) is 0 Å². The summed E-state index contributed by atoms with van der Waals surface area (Å²) in [5.41, 5.74) is 3.40. The van der Waals surface area contributed by atoms with E-state index in [9.17, 15) is 0 Å². The van der Waals surface area contributed by atoms with E-state index in [1.54, 1.807) is 0 Å². The van der Waals surface area contributed by atoms with Gasteiger partial charge in [0.2, 0.25) is 0 Å². The second-order valence-corrected chi connectivity index (χ2v) is 10.5. The van der Waals surface area contributed by atoms with E-state index in [-0.39, 0.29) is 0 Å². The molecule has 1 unspecified atom stereocenters. The highest BCUT2D eigenvalue weighted by molar-refractivity contribution is 5.32. The number of fused-ring (bicyclic) bond motifs is 2. The number of hydrogen-bond donors (Lipinski definition) is 2. The predicted molar refractivity (Wildman–Crippen MR) is 128 cm³/mol. The SMILES string of the molecule is CC(CNCCC(c1ccccc1)c1ccccc1)N[C@@H]1C[C@@H]2C[C@H]([C@H]1C)C2(C)C. The zero-order chi connectivity index (χ0) is 21.1. The van der Waals surface area contributed by atoms with Gasteiger partial charge in [0.05, 0.1) is 0 Å². The van der Waals surface area contributed by atoms with Crippen LogP contribution in [0.4, 0.5) is 0 Å². The van der Waals surface area contributed by atoms with Crippen molar-refractivity contribution in [2.75, 3.05) is 13.1 Å². The molecule has 2 N–H and O–H groups in total. The Kier molecular flexibility index (Phi) is 6.65. The fourth-order valence-corrected chi connectivity index (χ4v) is 6.26. The topological polar surface area (TPSA) is 24.1 Å². The monoisotopic (exact) mass is 404 g/mol. The highest BCUT2D eigenvalue weighted by Crippen LogP contribution is 2.61. The van der Waals surface area contributed by atoms with Crippen molar-refractivity contribution in [2.24, 2.45) is 23.2 Å². The highest BCUT2D eigenvalue weighted by atomic mass is 15.0. The Balaban J connectivity index is 1.25. The van der Waals surface area contributed by atoms with Crippen LogP contribution >= 0.6 is 0 Å². The van der Waals surface area contributed by atoms with Gasteiger partial charge in [0.1, 0.15) is 0 Å². The predicted octanol–water partition coefficient (Wildman–Crippen LogP) is 5.85. The second kappa shape index (κ2) is 9.24. The van der Waals surface area contributed by atoms with E-state index in [0.29, 0.717) is 23.4 Å². The molecule has 162 valence electrons. The Hall–Kier alpha value is -1.64. The summed E-state index contributed by atoms with van der Waals surface area (Å²) in [6.45, 7) is 11.9. The summed E-state index contributed by atoms with van der Waals surface area (Å²) >= 11 is 0. The smallest absolute Gasteiger partial charge is 0.0166 e. The van der Waals surface area contributed by atoms with Gasteiger partial charge in [-0.05, 0) is 67.0 Å². The normalized spacial score (nSPS) is 28.2. The van der Waals surface area contributed by atoms with Crippen LogP contribution in [-0.4, -0.2) is 25.2 Å². The maximum Gasteiger partial charge on any atom is 0.0166 e. The zero-order valence-corrected chi connectivity index (χ0v) is 19.3. The molecule has 3 fully saturated rings. The van der Waals surface area contributed by atoms with E-state index in [2.05, 4.69) is 99.0 Å². The Labute approximate surface area is 183 Å². The van der Waals surface area contributed by atoms with Crippen LogP contribution in [0.15, 0.2) is 60.7 Å². The number of benzene rings is 2. The fraction of sp³-hybridized carbons (Fsp3) is 0.571. The van der Waals surface area contributed by atoms with E-state index in [1.165, 1.54) is 24.0 Å². The van der Waals surface area contributed by atoms with Gasteiger partial charge in [-0.1, -0.05) is 81.4 Å². The summed E-state index contributed by atoms with van der Waals surface area (Å²) in [7, 11) is 0. The second-order valence-electron chi connectivity index (χ2n) is 10.5. The van der Waals surface area contributed by atoms with Crippen LogP contribution in [0.25, 0.3) is 0 Å². The Bertz CT molecular complexity index is 745. The molecule has 2 aromatic carbocycles. The fourth-order valence-electron chi connectivity index (χ4n) is 6.26. The van der Waals surface area contributed by atoms with Gasteiger partial charge in [-0.15, -0.1) is 0 Å². The first-order chi connectivity index (χ1) is 14.5. The molecule has 2 heteroatoms. The van der Waals surface area contributed by atoms with Gasteiger partial charge in [0.25, 0.3) is 0 Å². The first-order valence-corrected chi connectivity index (χ1v) is 12.0. The van der Waals surface area contributed by atoms with Crippen molar-refractivity contribution in [2.45, 2.75) is 65.0 Å². The minimum atomic E-state index is 0.455. The summed E-state index contributed by atoms with van der Waals surface area (Å²) in [5.74, 6) is 3.09. The van der Waals surface area contributed by atoms with Crippen molar-refractivity contribution in [1.82, 2.24) is 10.6 Å². The Morgan fingerprint density at radius 2 is 1.53 bits per heavy atom. The lowest BCUT2D eigenvalue weighted by molar-refractivity contribution is -0.116. The van der Waals surface area contributed by atoms with Gasteiger partial charge in [0.15, 0.2) is 0 Å². The highest BCUT2D eigenvalue weighted by Gasteiger charge is 2.56. The lowest BCUT2D eigenvalue weighted by atomic mass is 9.44. The van der Waals surface area contributed by atoms with E-state index in [4.69, 9.17) is 0 Å². The Morgan fingerprint density at radius 3 is 2.07 bits per heavy atom. The third-order valence-corrected chi connectivity index (χ3v) is 8.32. The summed E-state index contributed by atoms with van der Waals surface area (Å²) < 4.78 is 0. The molecule has 0 spiro atoms. The van der Waals surface area contributed by atoms with Crippen LogP contribution in [0.5, 0.6) is 0 Å². The van der Waals surface area contributed by atoms with Crippen LogP contribution < -0.4 is 10.6 Å². The van der Waals surface area contributed by atoms with Crippen molar-refractivity contribution in [1.29, 1.82) is 0 Å². The molecule has 3 saturated carbocycles. The number of nitrogens with one attached hydrogen (secondary N) is 2. The van der Waals surface area contributed by atoms with Gasteiger partial charge in [-0.3, -0.25) is 0 Å². The van der Waals surface area contributed by atoms with Gasteiger partial charge < -0.3 is 10.6 Å². The van der Waals surface area contributed by atoms with E-state index >= 15 is 0 Å². The Morgan fingerprint density at radius 1 is 0.933 bits per heavy atom. The van der Waals surface area contributed by atoms with Crippen LogP contribution in [0.3, 0.4) is 0 Å². The average molecular weight is 405 g/mol. The minimum absolute atomic E-state index is 0.455. The molecule has 5 rings (SSSR count). The maximum absolute atomic E-state index is 3.96. The van der Waals surface area contributed by atoms with Crippen LogP contribution in [0.2, 0.25) is 0 Å². The molecule has 2 bridgehead atoms. The molecule has 3 aliphatic carbocycles. The molecular weight excluding hydrogens is 364 g/mol. The van der Waals surface area contributed by atoms with Crippen LogP contribution in [0, 0.1) is 23.2 Å². The van der Waals surface area contributed by atoms with Crippen molar-refractivity contribution in [3.8, 4) is 0 Å². The maximum atomic E-state index is 3.96. The summed E-state index contributed by atoms with van der Waals surface area (Å²) in [6, 6.07) is 23.1. The number of hydrogen-bond acceptors (Lipinski definition) is 2. The quantitative estimate of drug-likeness (QED) is 0.513. The first kappa shape index (κ1) is 21.6. The van der Waals surface area contributed by atoms with E-state index in [0.717, 1.165) is 37.3 Å². The summed E-state index contributed by atoms with van der Waals surface area (Å²) in [4.78, 5) is 0. The van der Waals surface area contributed by atoms with E-state index in [1.807, 2.05) is 0 Å². The largest absolute Gasteiger partial charge is 0.315 e. The third-order valence-electron chi connectivity index (χ3n) is 8.32. The summed E-state index contributed by atoms with van der Waals surface area (Å²) in [5, 5.41) is 7.69. The molecule has 2 aromatic rings. The summed E-state index contributed by atoms with van der Waals surface area (Å²) in [6.07, 6.45) is 3.94. The van der Waals surface area contributed by atoms with Crippen molar-refractivity contribution in [3.05, 3.63) is 71.8 Å². The lowest BCUT2D eigenvalue weighted by Gasteiger charge is -2.62. The van der Waals surface area contributed by atoms with Gasteiger partial charge >= 0.3 is 0 Å². The van der Waals surface area contributed by atoms with Gasteiger partial charge in [-0.2, -0.15) is 0 Å². The molecule has 0 aliphatic heterocycles. The van der Waals surface area contributed by atoms with E-state index < -0.39 is 0 Å².